The summed E-state index contributed by atoms with van der Waals surface area (Å²) in [6, 6.07) is 1.70. The van der Waals surface area contributed by atoms with Crippen LogP contribution in [0, 0.1) is 0 Å². The van der Waals surface area contributed by atoms with E-state index in [4.69, 9.17) is 5.73 Å². The van der Waals surface area contributed by atoms with E-state index in [2.05, 4.69) is 9.97 Å². The highest BCUT2D eigenvalue weighted by atomic mass is 32.2. The number of rotatable bonds is 3. The summed E-state index contributed by atoms with van der Waals surface area (Å²) in [6.07, 6.45) is 2.17. The number of aliphatic hydroxyl groups excluding tert-OH is 1. The zero-order valence-corrected chi connectivity index (χ0v) is 12.0. The van der Waals surface area contributed by atoms with Crippen LogP contribution in [0.2, 0.25) is 0 Å². The maximum absolute atomic E-state index is 10.2. The second kappa shape index (κ2) is 5.52. The predicted molar refractivity (Wildman–Crippen MR) is 76.3 cm³/mol. The molecule has 1 aromatic rings. The van der Waals surface area contributed by atoms with Crippen LogP contribution in [-0.4, -0.2) is 51.2 Å². The molecule has 7 heteroatoms. The second-order valence-corrected chi connectivity index (χ2v) is 5.58. The van der Waals surface area contributed by atoms with Crippen LogP contribution in [0.4, 0.5) is 11.6 Å². The zero-order chi connectivity index (χ0) is 14.0. The molecule has 0 aromatic carbocycles. The van der Waals surface area contributed by atoms with Crippen molar-refractivity contribution in [2.24, 2.45) is 0 Å². The van der Waals surface area contributed by atoms with Crippen molar-refractivity contribution in [2.75, 3.05) is 30.0 Å². The SMILES string of the molecule is CC[C@@]1(O)CCN(c2cc(N)nc(SC)n2)C[C@H]1O. The Labute approximate surface area is 117 Å². The molecule has 1 saturated heterocycles. The van der Waals surface area contributed by atoms with Gasteiger partial charge in [-0.15, -0.1) is 0 Å². The van der Waals surface area contributed by atoms with E-state index in [0.717, 1.165) is 0 Å². The molecule has 4 N–H and O–H groups in total. The smallest absolute Gasteiger partial charge is 0.191 e. The molecule has 2 atom stereocenters. The first-order chi connectivity index (χ1) is 8.98. The number of hydrogen-bond donors (Lipinski definition) is 3. The summed E-state index contributed by atoms with van der Waals surface area (Å²) in [5, 5.41) is 20.9. The molecule has 2 rings (SSSR count). The second-order valence-electron chi connectivity index (χ2n) is 4.81. The Kier molecular flexibility index (Phi) is 4.17. The standard InChI is InChI=1S/C12H20N4O2S/c1-3-12(18)4-5-16(7-8(12)17)10-6-9(13)14-11(15-10)19-2/h6,8,17-18H,3-5,7H2,1-2H3,(H2,13,14,15)/t8-,12-/m1/s1. The maximum atomic E-state index is 10.2. The molecule has 0 spiro atoms. The van der Waals surface area contributed by atoms with E-state index in [1.807, 2.05) is 18.1 Å². The Morgan fingerprint density at radius 2 is 2.32 bits per heavy atom. The third kappa shape index (κ3) is 2.93. The zero-order valence-electron chi connectivity index (χ0n) is 11.2. The van der Waals surface area contributed by atoms with E-state index < -0.39 is 11.7 Å². The molecule has 0 saturated carbocycles. The molecular formula is C12H20N4O2S. The first-order valence-corrected chi connectivity index (χ1v) is 7.55. The van der Waals surface area contributed by atoms with Crippen LogP contribution in [0.1, 0.15) is 19.8 Å². The van der Waals surface area contributed by atoms with Gasteiger partial charge in [0.1, 0.15) is 17.7 Å². The van der Waals surface area contributed by atoms with Crippen molar-refractivity contribution in [1.82, 2.24) is 9.97 Å². The Bertz CT molecular complexity index is 459. The van der Waals surface area contributed by atoms with Gasteiger partial charge in [-0.25, -0.2) is 9.97 Å². The molecule has 0 aliphatic carbocycles. The summed E-state index contributed by atoms with van der Waals surface area (Å²) in [5.41, 5.74) is 4.76. The lowest BCUT2D eigenvalue weighted by Gasteiger charge is -2.42. The summed E-state index contributed by atoms with van der Waals surface area (Å²) in [4.78, 5) is 10.4. The van der Waals surface area contributed by atoms with Gasteiger partial charge in [0.25, 0.3) is 0 Å². The average Bonchev–Trinajstić information content (AvgIpc) is 2.41. The lowest BCUT2D eigenvalue weighted by molar-refractivity contribution is -0.0880. The molecule has 0 radical (unpaired) electrons. The van der Waals surface area contributed by atoms with Crippen LogP contribution >= 0.6 is 11.8 Å². The molecule has 0 unspecified atom stereocenters. The lowest BCUT2D eigenvalue weighted by atomic mass is 9.86. The van der Waals surface area contributed by atoms with E-state index in [-0.39, 0.29) is 0 Å². The highest BCUT2D eigenvalue weighted by Crippen LogP contribution is 2.29. The first kappa shape index (κ1) is 14.4. The third-order valence-corrected chi connectivity index (χ3v) is 4.21. The van der Waals surface area contributed by atoms with Crippen molar-refractivity contribution >= 4 is 23.4 Å². The molecular weight excluding hydrogens is 264 g/mol. The van der Waals surface area contributed by atoms with Crippen LogP contribution in [0.25, 0.3) is 0 Å². The molecule has 1 aliphatic rings. The summed E-state index contributed by atoms with van der Waals surface area (Å²) >= 11 is 1.43. The fourth-order valence-electron chi connectivity index (χ4n) is 2.27. The highest BCUT2D eigenvalue weighted by molar-refractivity contribution is 7.98. The van der Waals surface area contributed by atoms with Crippen molar-refractivity contribution in [3.05, 3.63) is 6.07 Å². The van der Waals surface area contributed by atoms with Crippen LogP contribution in [0.3, 0.4) is 0 Å². The summed E-state index contributed by atoms with van der Waals surface area (Å²) in [6.45, 7) is 2.88. The van der Waals surface area contributed by atoms with Crippen molar-refractivity contribution in [3.63, 3.8) is 0 Å². The van der Waals surface area contributed by atoms with Crippen molar-refractivity contribution in [2.45, 2.75) is 36.6 Å². The van der Waals surface area contributed by atoms with E-state index in [1.165, 1.54) is 11.8 Å². The van der Waals surface area contributed by atoms with Crippen LogP contribution in [0.5, 0.6) is 0 Å². The largest absolute Gasteiger partial charge is 0.388 e. The van der Waals surface area contributed by atoms with Gasteiger partial charge in [0.15, 0.2) is 5.16 Å². The van der Waals surface area contributed by atoms with Crippen molar-refractivity contribution in [3.8, 4) is 0 Å². The number of piperidine rings is 1. The number of hydrogen-bond acceptors (Lipinski definition) is 7. The molecule has 106 valence electrons. The summed E-state index contributed by atoms with van der Waals surface area (Å²) < 4.78 is 0. The quantitative estimate of drug-likeness (QED) is 0.549. The van der Waals surface area contributed by atoms with Crippen molar-refractivity contribution < 1.29 is 10.2 Å². The maximum Gasteiger partial charge on any atom is 0.191 e. The van der Waals surface area contributed by atoms with Crippen molar-refractivity contribution in [1.29, 1.82) is 0 Å². The monoisotopic (exact) mass is 284 g/mol. The molecule has 6 nitrogen and oxygen atoms in total. The minimum Gasteiger partial charge on any atom is -0.388 e. The molecule has 0 bridgehead atoms. The number of nitrogens with two attached hydrogens (primary N) is 1. The Morgan fingerprint density at radius 3 is 2.89 bits per heavy atom. The molecule has 1 aliphatic heterocycles. The number of aromatic nitrogens is 2. The molecule has 0 amide bonds. The van der Waals surface area contributed by atoms with Gasteiger partial charge in [-0.3, -0.25) is 0 Å². The van der Waals surface area contributed by atoms with Crippen LogP contribution in [0.15, 0.2) is 11.2 Å². The van der Waals surface area contributed by atoms with E-state index in [9.17, 15) is 10.2 Å². The molecule has 1 fully saturated rings. The van der Waals surface area contributed by atoms with Gasteiger partial charge in [-0.1, -0.05) is 18.7 Å². The average molecular weight is 284 g/mol. The topological polar surface area (TPSA) is 95.5 Å². The highest BCUT2D eigenvalue weighted by Gasteiger charge is 2.39. The van der Waals surface area contributed by atoms with Gasteiger partial charge in [0, 0.05) is 19.2 Å². The number of thioether (sulfide) groups is 1. The summed E-state index contributed by atoms with van der Waals surface area (Å²) in [5.74, 6) is 1.12. The minimum absolute atomic E-state index is 0.356. The van der Waals surface area contributed by atoms with Gasteiger partial charge in [0.05, 0.1) is 5.60 Å². The van der Waals surface area contributed by atoms with Crippen LogP contribution < -0.4 is 10.6 Å². The Hall–Kier alpha value is -1.05. The lowest BCUT2D eigenvalue weighted by Crippen LogP contribution is -2.55. The molecule has 2 heterocycles. The normalized spacial score (nSPS) is 27.6. The first-order valence-electron chi connectivity index (χ1n) is 6.32. The van der Waals surface area contributed by atoms with E-state index >= 15 is 0 Å². The third-order valence-electron chi connectivity index (χ3n) is 3.66. The Morgan fingerprint density at radius 1 is 1.58 bits per heavy atom. The number of aliphatic hydroxyl groups is 2. The number of nitrogen functional groups attached to an aromatic ring is 1. The number of β-amino-alcohol motifs (C(OH)–C–C–N with tert-alkyl or cyclic N) is 1. The fourth-order valence-corrected chi connectivity index (χ4v) is 2.65. The van der Waals surface area contributed by atoms with Gasteiger partial charge in [-0.2, -0.15) is 0 Å². The summed E-state index contributed by atoms with van der Waals surface area (Å²) in [7, 11) is 0. The van der Waals surface area contributed by atoms with Gasteiger partial charge < -0.3 is 20.8 Å². The number of nitrogens with zero attached hydrogens (tertiary/aromatic N) is 3. The minimum atomic E-state index is -0.989. The van der Waals surface area contributed by atoms with Gasteiger partial charge in [0.2, 0.25) is 0 Å². The number of anilines is 2. The molecule has 1 aromatic heterocycles. The molecule has 19 heavy (non-hydrogen) atoms. The fraction of sp³-hybridized carbons (Fsp3) is 0.667. The van der Waals surface area contributed by atoms with Gasteiger partial charge in [-0.05, 0) is 19.1 Å². The Balaban J connectivity index is 2.18. The van der Waals surface area contributed by atoms with E-state index in [0.29, 0.717) is 42.7 Å². The predicted octanol–water partition coefficient (Wildman–Crippen LogP) is 0.493. The van der Waals surface area contributed by atoms with E-state index in [1.54, 1.807) is 6.07 Å². The van der Waals surface area contributed by atoms with Crippen LogP contribution in [-0.2, 0) is 0 Å². The van der Waals surface area contributed by atoms with Gasteiger partial charge >= 0.3 is 0 Å².